The van der Waals surface area contributed by atoms with E-state index in [0.29, 0.717) is 6.54 Å². The van der Waals surface area contributed by atoms with Gasteiger partial charge in [0.1, 0.15) is 0 Å². The summed E-state index contributed by atoms with van der Waals surface area (Å²) in [5.74, 6) is 0.519. The molecule has 3 nitrogen and oxygen atoms in total. The Kier molecular flexibility index (Phi) is 3.64. The van der Waals surface area contributed by atoms with Crippen LogP contribution in [-0.2, 0) is 11.3 Å². The maximum atomic E-state index is 13.4. The van der Waals surface area contributed by atoms with Gasteiger partial charge in [0, 0.05) is 30.8 Å². The maximum Gasteiger partial charge on any atom is 0.227 e. The van der Waals surface area contributed by atoms with Crippen molar-refractivity contribution in [2.45, 2.75) is 31.7 Å². The summed E-state index contributed by atoms with van der Waals surface area (Å²) in [5, 5.41) is 3.18. The van der Waals surface area contributed by atoms with Crippen LogP contribution in [0.5, 0.6) is 0 Å². The summed E-state index contributed by atoms with van der Waals surface area (Å²) in [4.78, 5) is 17.5. The van der Waals surface area contributed by atoms with Gasteiger partial charge in [-0.25, -0.2) is 0 Å². The van der Waals surface area contributed by atoms with Crippen molar-refractivity contribution in [1.82, 2.24) is 10.3 Å². The lowest BCUT2D eigenvalue weighted by atomic mass is 9.52. The number of nitrogens with zero attached hydrogens (tertiary/aromatic N) is 1. The first-order valence-corrected chi connectivity index (χ1v) is 9.53. The van der Waals surface area contributed by atoms with Crippen LogP contribution < -0.4 is 5.32 Å². The number of carbonyl (C=O) groups is 1. The number of fused-ring (bicyclic) bond motifs is 1. The van der Waals surface area contributed by atoms with E-state index < -0.39 is 5.41 Å². The minimum atomic E-state index is -0.449. The molecule has 1 atom stereocenters. The predicted molar refractivity (Wildman–Crippen MR) is 105 cm³/mol. The highest BCUT2D eigenvalue weighted by Gasteiger charge is 2.53. The second kappa shape index (κ2) is 6.05. The Balaban J connectivity index is 1.53. The predicted octanol–water partition coefficient (Wildman–Crippen LogP) is 4.39. The van der Waals surface area contributed by atoms with Gasteiger partial charge in [-0.15, -0.1) is 0 Å². The molecular weight excluding hydrogens is 332 g/mol. The Bertz CT molecular complexity index is 966. The molecule has 0 radical (unpaired) electrons. The number of benzene rings is 2. The molecule has 1 amide bonds. The van der Waals surface area contributed by atoms with Gasteiger partial charge in [-0.1, -0.05) is 54.6 Å². The van der Waals surface area contributed by atoms with Gasteiger partial charge in [-0.3, -0.25) is 9.78 Å². The van der Waals surface area contributed by atoms with Crippen molar-refractivity contribution < 1.29 is 4.79 Å². The highest BCUT2D eigenvalue weighted by molar-refractivity contribution is 5.86. The molecule has 0 saturated heterocycles. The van der Waals surface area contributed by atoms with Crippen molar-refractivity contribution >= 4 is 5.91 Å². The standard InChI is InChI=1S/C24H22N2O/c1-24(23(27)26-15-16-7-6-12-25-14-16)13-21-17-8-2-4-10-19(17)22(24)20-11-5-3-9-18(20)21/h2-12,14,21-22H,13,15H2,1H3,(H,26,27)/t21?,22?,24-/m1/s1. The quantitative estimate of drug-likeness (QED) is 0.758. The topological polar surface area (TPSA) is 42.0 Å². The molecule has 0 aliphatic heterocycles. The van der Waals surface area contributed by atoms with Crippen LogP contribution in [0.25, 0.3) is 0 Å². The van der Waals surface area contributed by atoms with E-state index in [1.54, 1.807) is 12.4 Å². The highest BCUT2D eigenvalue weighted by Crippen LogP contribution is 2.60. The third kappa shape index (κ3) is 2.42. The average molecular weight is 354 g/mol. The van der Waals surface area contributed by atoms with Crippen molar-refractivity contribution in [2.24, 2.45) is 5.41 Å². The number of hydrogen-bond acceptors (Lipinski definition) is 2. The Morgan fingerprint density at radius 2 is 1.63 bits per heavy atom. The Labute approximate surface area is 159 Å². The molecule has 3 aliphatic rings. The minimum absolute atomic E-state index is 0.101. The molecule has 0 spiro atoms. The molecular formula is C24H22N2O. The van der Waals surface area contributed by atoms with Gasteiger partial charge < -0.3 is 5.32 Å². The lowest BCUT2D eigenvalue weighted by Gasteiger charge is -2.50. The van der Waals surface area contributed by atoms with E-state index in [-0.39, 0.29) is 17.7 Å². The molecule has 1 N–H and O–H groups in total. The molecule has 2 bridgehead atoms. The van der Waals surface area contributed by atoms with Crippen molar-refractivity contribution in [3.8, 4) is 0 Å². The molecule has 3 aliphatic carbocycles. The molecule has 0 fully saturated rings. The van der Waals surface area contributed by atoms with E-state index in [0.717, 1.165) is 12.0 Å². The van der Waals surface area contributed by atoms with E-state index in [9.17, 15) is 4.79 Å². The second-order valence-electron chi connectivity index (χ2n) is 7.91. The zero-order valence-corrected chi connectivity index (χ0v) is 15.4. The summed E-state index contributed by atoms with van der Waals surface area (Å²) >= 11 is 0. The number of pyridine rings is 1. The molecule has 1 heterocycles. The van der Waals surface area contributed by atoms with Crippen LogP contribution in [0.2, 0.25) is 0 Å². The SMILES string of the molecule is C[C@@]1(C(=O)NCc2cccnc2)CC2c3ccccc3C1c1ccccc12. The van der Waals surface area contributed by atoms with Crippen LogP contribution in [0, 0.1) is 5.41 Å². The third-order valence-corrected chi connectivity index (χ3v) is 6.32. The lowest BCUT2D eigenvalue weighted by molar-refractivity contribution is -0.132. The Morgan fingerprint density at radius 1 is 1.00 bits per heavy atom. The highest BCUT2D eigenvalue weighted by atomic mass is 16.2. The number of carbonyl (C=O) groups excluding carboxylic acids is 1. The van der Waals surface area contributed by atoms with Crippen molar-refractivity contribution in [1.29, 1.82) is 0 Å². The Morgan fingerprint density at radius 3 is 2.22 bits per heavy atom. The summed E-state index contributed by atoms with van der Waals surface area (Å²) in [6.45, 7) is 2.65. The summed E-state index contributed by atoms with van der Waals surface area (Å²) in [5.41, 5.74) is 5.97. The van der Waals surface area contributed by atoms with Gasteiger partial charge in [0.2, 0.25) is 5.91 Å². The van der Waals surface area contributed by atoms with Crippen molar-refractivity contribution in [3.05, 3.63) is 101 Å². The van der Waals surface area contributed by atoms with Gasteiger partial charge in [-0.05, 0) is 47.2 Å². The fourth-order valence-corrected chi connectivity index (χ4v) is 5.08. The third-order valence-electron chi connectivity index (χ3n) is 6.32. The van der Waals surface area contributed by atoms with Crippen LogP contribution in [0.3, 0.4) is 0 Å². The number of amides is 1. The van der Waals surface area contributed by atoms with E-state index in [2.05, 4.69) is 65.8 Å². The first kappa shape index (κ1) is 16.2. The smallest absolute Gasteiger partial charge is 0.227 e. The van der Waals surface area contributed by atoms with Gasteiger partial charge in [0.15, 0.2) is 0 Å². The summed E-state index contributed by atoms with van der Waals surface area (Å²) in [6.07, 6.45) is 4.41. The minimum Gasteiger partial charge on any atom is -0.351 e. The molecule has 2 aromatic carbocycles. The fourth-order valence-electron chi connectivity index (χ4n) is 5.08. The van der Waals surface area contributed by atoms with Gasteiger partial charge in [0.25, 0.3) is 0 Å². The molecule has 27 heavy (non-hydrogen) atoms. The summed E-state index contributed by atoms with van der Waals surface area (Å²) in [6, 6.07) is 21.2. The van der Waals surface area contributed by atoms with Gasteiger partial charge in [0.05, 0.1) is 5.41 Å². The summed E-state index contributed by atoms with van der Waals surface area (Å²) < 4.78 is 0. The van der Waals surface area contributed by atoms with Crippen LogP contribution in [0.4, 0.5) is 0 Å². The van der Waals surface area contributed by atoms with Crippen LogP contribution in [-0.4, -0.2) is 10.9 Å². The molecule has 0 unspecified atom stereocenters. The monoisotopic (exact) mass is 354 g/mol. The average Bonchev–Trinajstić information content (AvgIpc) is 2.73. The number of rotatable bonds is 3. The molecule has 0 saturated carbocycles. The lowest BCUT2D eigenvalue weighted by Crippen LogP contribution is -2.49. The molecule has 1 aromatic heterocycles. The van der Waals surface area contributed by atoms with Crippen LogP contribution >= 0.6 is 0 Å². The first-order chi connectivity index (χ1) is 13.2. The number of aromatic nitrogens is 1. The van der Waals surface area contributed by atoms with Gasteiger partial charge in [-0.2, -0.15) is 0 Å². The molecule has 134 valence electrons. The van der Waals surface area contributed by atoms with Gasteiger partial charge >= 0.3 is 0 Å². The van der Waals surface area contributed by atoms with E-state index in [1.165, 1.54) is 22.3 Å². The molecule has 3 heteroatoms. The molecule has 6 rings (SSSR count). The second-order valence-corrected chi connectivity index (χ2v) is 7.91. The van der Waals surface area contributed by atoms with Crippen molar-refractivity contribution in [3.63, 3.8) is 0 Å². The Hall–Kier alpha value is -2.94. The first-order valence-electron chi connectivity index (χ1n) is 9.53. The maximum absolute atomic E-state index is 13.4. The van der Waals surface area contributed by atoms with E-state index in [4.69, 9.17) is 0 Å². The summed E-state index contributed by atoms with van der Waals surface area (Å²) in [7, 11) is 0. The van der Waals surface area contributed by atoms with Crippen LogP contribution in [0.15, 0.2) is 73.1 Å². The fraction of sp³-hybridized carbons (Fsp3) is 0.250. The van der Waals surface area contributed by atoms with E-state index >= 15 is 0 Å². The van der Waals surface area contributed by atoms with Crippen LogP contribution in [0.1, 0.15) is 53.0 Å². The zero-order valence-electron chi connectivity index (χ0n) is 15.4. The largest absolute Gasteiger partial charge is 0.351 e. The number of nitrogens with one attached hydrogen (secondary N) is 1. The van der Waals surface area contributed by atoms with E-state index in [1.807, 2.05) is 12.1 Å². The van der Waals surface area contributed by atoms with Crippen molar-refractivity contribution in [2.75, 3.05) is 0 Å². The zero-order chi connectivity index (χ0) is 18.4. The number of hydrogen-bond donors (Lipinski definition) is 1. The normalized spacial score (nSPS) is 24.8. The molecule has 3 aromatic rings.